The van der Waals surface area contributed by atoms with E-state index in [1.807, 2.05) is 20.8 Å². The molecule has 0 radical (unpaired) electrons. The zero-order valence-corrected chi connectivity index (χ0v) is 24.9. The Kier molecular flexibility index (Phi) is 18.7. The Hall–Kier alpha value is -2.68. The van der Waals surface area contributed by atoms with Crippen molar-refractivity contribution >= 4 is 23.9 Å². The van der Waals surface area contributed by atoms with Gasteiger partial charge in [-0.3, -0.25) is 15.0 Å². The highest BCUT2D eigenvalue weighted by Crippen LogP contribution is 2.40. The maximum atomic E-state index is 12.7. The smallest absolute Gasteiger partial charge is 0.407 e. The van der Waals surface area contributed by atoms with Crippen LogP contribution < -0.4 is 21.7 Å². The summed E-state index contributed by atoms with van der Waals surface area (Å²) in [6.07, 6.45) is 0.629. The second-order valence-corrected chi connectivity index (χ2v) is 9.97. The van der Waals surface area contributed by atoms with Gasteiger partial charge >= 0.3 is 12.1 Å². The van der Waals surface area contributed by atoms with Crippen LogP contribution in [0.4, 0.5) is 4.79 Å². The average Bonchev–Trinajstić information content (AvgIpc) is 3.25. The van der Waals surface area contributed by atoms with E-state index in [1.54, 1.807) is 0 Å². The number of hydrogen-bond acceptors (Lipinski definition) is 9. The quantitative estimate of drug-likeness (QED) is 0.0599. The standard InChI is InChI=1S/C27H51N5O9/c1-5-9-37-11-13-39-15-16-40-14-12-38-10-8-30-27(36)41-24-20(25(34)35)17-21(32-26(28)29)22(24)23(31-18(4)33)19(6-2)7-3/h19-24H,5-17H2,1-4H3,(H,30,36)(H,31,33)(H,34,35)(H4,28,29,32)/t20-,21+,22+,23+,24+/m0/s1. The lowest BCUT2D eigenvalue weighted by Gasteiger charge is -2.37. The fraction of sp³-hybridized carbons (Fsp3) is 0.852. The second-order valence-electron chi connectivity index (χ2n) is 9.97. The highest BCUT2D eigenvalue weighted by Gasteiger charge is 2.53. The van der Waals surface area contributed by atoms with Gasteiger partial charge in [0.1, 0.15) is 6.10 Å². The maximum absolute atomic E-state index is 12.7. The molecule has 1 aliphatic rings. The summed E-state index contributed by atoms with van der Waals surface area (Å²) in [5.74, 6) is -3.42. The van der Waals surface area contributed by atoms with Gasteiger partial charge in [0.25, 0.3) is 0 Å². The van der Waals surface area contributed by atoms with Gasteiger partial charge in [-0.2, -0.15) is 0 Å². The predicted molar refractivity (Wildman–Crippen MR) is 152 cm³/mol. The van der Waals surface area contributed by atoms with Gasteiger partial charge in [-0.15, -0.1) is 0 Å². The van der Waals surface area contributed by atoms with Crippen molar-refractivity contribution in [1.29, 1.82) is 5.41 Å². The van der Waals surface area contributed by atoms with Gasteiger partial charge < -0.3 is 50.5 Å². The van der Waals surface area contributed by atoms with E-state index < -0.39 is 42.1 Å². The van der Waals surface area contributed by atoms with Gasteiger partial charge in [0.15, 0.2) is 5.96 Å². The van der Waals surface area contributed by atoms with E-state index in [0.29, 0.717) is 52.5 Å². The number of carboxylic acid groups (broad SMARTS) is 1. The Morgan fingerprint density at radius 1 is 0.927 bits per heavy atom. The second kappa shape index (κ2) is 21.1. The lowest BCUT2D eigenvalue weighted by molar-refractivity contribution is -0.145. The molecule has 1 aliphatic carbocycles. The first kappa shape index (κ1) is 36.3. The Morgan fingerprint density at radius 3 is 1.93 bits per heavy atom. The van der Waals surface area contributed by atoms with Crippen LogP contribution in [0.1, 0.15) is 53.4 Å². The molecule has 0 spiro atoms. The molecule has 14 heteroatoms. The van der Waals surface area contributed by atoms with E-state index in [0.717, 1.165) is 13.0 Å². The first-order chi connectivity index (χ1) is 19.7. The molecule has 0 heterocycles. The lowest BCUT2D eigenvalue weighted by Crippen LogP contribution is -2.55. The molecule has 1 saturated carbocycles. The minimum atomic E-state index is -1.13. The van der Waals surface area contributed by atoms with Gasteiger partial charge in [-0.1, -0.05) is 33.6 Å². The molecule has 238 valence electrons. The van der Waals surface area contributed by atoms with Crippen LogP contribution in [0.15, 0.2) is 0 Å². The monoisotopic (exact) mass is 589 g/mol. The van der Waals surface area contributed by atoms with Gasteiger partial charge in [-0.25, -0.2) is 4.79 Å². The van der Waals surface area contributed by atoms with Crippen molar-refractivity contribution < 1.29 is 43.2 Å². The van der Waals surface area contributed by atoms with Crippen molar-refractivity contribution in [1.82, 2.24) is 16.0 Å². The first-order valence-electron chi connectivity index (χ1n) is 14.5. The van der Waals surface area contributed by atoms with E-state index >= 15 is 0 Å². The van der Waals surface area contributed by atoms with Crippen molar-refractivity contribution in [3.8, 4) is 0 Å². The largest absolute Gasteiger partial charge is 0.481 e. The highest BCUT2D eigenvalue weighted by atomic mass is 16.6. The number of ether oxygens (including phenoxy) is 5. The van der Waals surface area contributed by atoms with Crippen molar-refractivity contribution in [2.24, 2.45) is 23.5 Å². The van der Waals surface area contributed by atoms with Gasteiger partial charge in [-0.05, 0) is 18.8 Å². The zero-order valence-electron chi connectivity index (χ0n) is 24.9. The summed E-state index contributed by atoms with van der Waals surface area (Å²) in [4.78, 5) is 37.0. The van der Waals surface area contributed by atoms with E-state index in [2.05, 4.69) is 16.0 Å². The fourth-order valence-electron chi connectivity index (χ4n) is 5.13. The van der Waals surface area contributed by atoms with Gasteiger partial charge in [0.2, 0.25) is 5.91 Å². The number of amides is 2. The number of aliphatic carboxylic acids is 1. The molecule has 0 bridgehead atoms. The molecular formula is C27H51N5O9. The van der Waals surface area contributed by atoms with Crippen LogP contribution in [0.3, 0.4) is 0 Å². The predicted octanol–water partition coefficient (Wildman–Crippen LogP) is 1.07. The summed E-state index contributed by atoms with van der Waals surface area (Å²) in [7, 11) is 0. The van der Waals surface area contributed by atoms with Gasteiger partial charge in [0, 0.05) is 38.1 Å². The number of carbonyl (C=O) groups excluding carboxylic acids is 2. The van der Waals surface area contributed by atoms with E-state index in [1.165, 1.54) is 6.92 Å². The number of nitrogens with two attached hydrogens (primary N) is 1. The van der Waals surface area contributed by atoms with Gasteiger partial charge in [0.05, 0.1) is 52.2 Å². The van der Waals surface area contributed by atoms with Crippen molar-refractivity contribution in [3.05, 3.63) is 0 Å². The summed E-state index contributed by atoms with van der Waals surface area (Å²) in [5, 5.41) is 26.0. The number of rotatable bonds is 22. The number of carbonyl (C=O) groups is 3. The number of nitrogens with one attached hydrogen (secondary N) is 4. The summed E-state index contributed by atoms with van der Waals surface area (Å²) in [6.45, 7) is 11.2. The Bertz CT molecular complexity index is 784. The molecule has 5 atom stereocenters. The van der Waals surface area contributed by atoms with Crippen molar-refractivity contribution in [2.75, 3.05) is 59.4 Å². The van der Waals surface area contributed by atoms with Crippen LogP contribution in [-0.4, -0.2) is 107 Å². The molecule has 14 nitrogen and oxygen atoms in total. The SMILES string of the molecule is CCCOCCOCCOCCOCCNC(=O)O[C@H]1[C@@H]([C@H](NC(C)=O)C(CC)CC)[C@H](NC(=N)N)C[C@@H]1C(=O)O. The highest BCUT2D eigenvalue weighted by molar-refractivity contribution is 5.77. The summed E-state index contributed by atoms with van der Waals surface area (Å²) in [6, 6.07) is -1.09. The Morgan fingerprint density at radius 2 is 1.46 bits per heavy atom. The minimum absolute atomic E-state index is 0.0103. The molecule has 41 heavy (non-hydrogen) atoms. The topological polar surface area (TPSA) is 204 Å². The summed E-state index contributed by atoms with van der Waals surface area (Å²) >= 11 is 0. The summed E-state index contributed by atoms with van der Waals surface area (Å²) < 4.78 is 27.3. The molecule has 0 saturated heterocycles. The molecule has 2 amide bonds. The third-order valence-corrected chi connectivity index (χ3v) is 6.97. The van der Waals surface area contributed by atoms with Crippen molar-refractivity contribution in [2.45, 2.75) is 71.6 Å². The number of hydrogen-bond donors (Lipinski definition) is 6. The number of guanidine groups is 1. The maximum Gasteiger partial charge on any atom is 0.407 e. The summed E-state index contributed by atoms with van der Waals surface area (Å²) in [5.41, 5.74) is 5.60. The normalized spacial score (nSPS) is 20.9. The fourth-order valence-corrected chi connectivity index (χ4v) is 5.13. The Balaban J connectivity index is 2.61. The average molecular weight is 590 g/mol. The molecule has 7 N–H and O–H groups in total. The Labute approximate surface area is 243 Å². The number of alkyl carbamates (subject to hydrolysis) is 1. The van der Waals surface area contributed by atoms with Crippen LogP contribution in [0, 0.1) is 23.2 Å². The first-order valence-corrected chi connectivity index (χ1v) is 14.5. The molecular weight excluding hydrogens is 538 g/mol. The van der Waals surface area contributed by atoms with Crippen LogP contribution >= 0.6 is 0 Å². The van der Waals surface area contributed by atoms with Crippen LogP contribution in [0.25, 0.3) is 0 Å². The zero-order chi connectivity index (χ0) is 30.6. The molecule has 1 fully saturated rings. The van der Waals surface area contributed by atoms with E-state index in [4.69, 9.17) is 34.8 Å². The lowest BCUT2D eigenvalue weighted by atomic mass is 9.80. The molecule has 0 aromatic rings. The van der Waals surface area contributed by atoms with E-state index in [-0.39, 0.29) is 37.4 Å². The molecule has 0 aromatic carbocycles. The molecule has 1 rings (SSSR count). The third-order valence-electron chi connectivity index (χ3n) is 6.97. The minimum Gasteiger partial charge on any atom is -0.481 e. The van der Waals surface area contributed by atoms with Crippen LogP contribution in [0.5, 0.6) is 0 Å². The third kappa shape index (κ3) is 14.2. The molecule has 0 aliphatic heterocycles. The number of carboxylic acids is 1. The van der Waals surface area contributed by atoms with Crippen LogP contribution in [0.2, 0.25) is 0 Å². The van der Waals surface area contributed by atoms with Crippen molar-refractivity contribution in [3.63, 3.8) is 0 Å². The molecule has 0 aromatic heterocycles. The molecule has 0 unspecified atom stereocenters. The van der Waals surface area contributed by atoms with E-state index in [9.17, 15) is 19.5 Å². The van der Waals surface area contributed by atoms with Crippen LogP contribution in [-0.2, 0) is 33.3 Å².